The van der Waals surface area contributed by atoms with E-state index in [-0.39, 0.29) is 11.1 Å². The van der Waals surface area contributed by atoms with Crippen molar-refractivity contribution < 1.29 is 9.59 Å². The van der Waals surface area contributed by atoms with Gasteiger partial charge in [0.1, 0.15) is 11.6 Å². The molecule has 4 rings (SSSR count). The molecule has 0 radical (unpaired) electrons. The SMILES string of the molecule is CCN(CC)c1cc(NC2CC2)n2ncc(/C=C3/SC(=O)NC3=O)c2n1. The van der Waals surface area contributed by atoms with Crippen molar-refractivity contribution in [1.29, 1.82) is 0 Å². The summed E-state index contributed by atoms with van der Waals surface area (Å²) in [6.07, 6.45) is 5.66. The van der Waals surface area contributed by atoms with Crippen LogP contribution in [-0.4, -0.2) is 44.9 Å². The highest BCUT2D eigenvalue weighted by atomic mass is 32.2. The molecule has 1 saturated carbocycles. The molecule has 2 aromatic rings. The number of imide groups is 1. The average Bonchev–Trinajstić information content (AvgIpc) is 3.25. The van der Waals surface area contributed by atoms with Crippen LogP contribution >= 0.6 is 11.8 Å². The predicted molar refractivity (Wildman–Crippen MR) is 102 cm³/mol. The van der Waals surface area contributed by atoms with Gasteiger partial charge in [-0.3, -0.25) is 14.9 Å². The smallest absolute Gasteiger partial charge is 0.290 e. The Labute approximate surface area is 155 Å². The number of nitrogens with one attached hydrogen (secondary N) is 2. The van der Waals surface area contributed by atoms with E-state index in [9.17, 15) is 9.59 Å². The first-order valence-electron chi connectivity index (χ1n) is 8.74. The number of fused-ring (bicyclic) bond motifs is 1. The number of aromatic nitrogens is 3. The molecule has 0 spiro atoms. The van der Waals surface area contributed by atoms with Gasteiger partial charge in [-0.15, -0.1) is 0 Å². The van der Waals surface area contributed by atoms with Crippen molar-refractivity contribution in [1.82, 2.24) is 19.9 Å². The second-order valence-corrected chi connectivity index (χ2v) is 7.29. The highest BCUT2D eigenvalue weighted by Crippen LogP contribution is 2.30. The second kappa shape index (κ2) is 6.64. The highest BCUT2D eigenvalue weighted by molar-refractivity contribution is 8.18. The van der Waals surface area contributed by atoms with Crippen LogP contribution in [0, 0.1) is 0 Å². The Balaban J connectivity index is 1.81. The zero-order valence-electron chi connectivity index (χ0n) is 14.7. The Hall–Kier alpha value is -2.55. The number of hydrogen-bond acceptors (Lipinski definition) is 7. The minimum absolute atomic E-state index is 0.356. The van der Waals surface area contributed by atoms with Crippen LogP contribution in [0.5, 0.6) is 0 Å². The van der Waals surface area contributed by atoms with Crippen molar-refractivity contribution in [3.63, 3.8) is 0 Å². The fourth-order valence-electron chi connectivity index (χ4n) is 2.88. The lowest BCUT2D eigenvalue weighted by atomic mass is 10.3. The lowest BCUT2D eigenvalue weighted by molar-refractivity contribution is -0.115. The topological polar surface area (TPSA) is 91.6 Å². The Kier molecular flexibility index (Phi) is 4.31. The van der Waals surface area contributed by atoms with E-state index in [0.717, 1.165) is 49.3 Å². The molecule has 0 bridgehead atoms. The normalized spacial score (nSPS) is 18.6. The number of anilines is 2. The summed E-state index contributed by atoms with van der Waals surface area (Å²) in [5.74, 6) is 1.38. The lowest BCUT2D eigenvalue weighted by Crippen LogP contribution is -2.24. The van der Waals surface area contributed by atoms with E-state index in [1.165, 1.54) is 0 Å². The van der Waals surface area contributed by atoms with E-state index in [0.29, 0.717) is 22.2 Å². The molecule has 26 heavy (non-hydrogen) atoms. The summed E-state index contributed by atoms with van der Waals surface area (Å²) in [5.41, 5.74) is 1.38. The van der Waals surface area contributed by atoms with Gasteiger partial charge >= 0.3 is 0 Å². The van der Waals surface area contributed by atoms with E-state index < -0.39 is 0 Å². The van der Waals surface area contributed by atoms with Gasteiger partial charge in [-0.25, -0.2) is 4.98 Å². The molecule has 0 atom stereocenters. The first kappa shape index (κ1) is 16.9. The van der Waals surface area contributed by atoms with Crippen molar-refractivity contribution in [3.8, 4) is 0 Å². The maximum Gasteiger partial charge on any atom is 0.290 e. The first-order valence-corrected chi connectivity index (χ1v) is 9.55. The van der Waals surface area contributed by atoms with Crippen LogP contribution in [0.2, 0.25) is 0 Å². The Morgan fingerprint density at radius 3 is 2.77 bits per heavy atom. The summed E-state index contributed by atoms with van der Waals surface area (Å²) in [4.78, 5) is 30.5. The molecule has 0 unspecified atom stereocenters. The summed E-state index contributed by atoms with van der Waals surface area (Å²) in [7, 11) is 0. The molecule has 8 nitrogen and oxygen atoms in total. The zero-order chi connectivity index (χ0) is 18.3. The third-order valence-corrected chi connectivity index (χ3v) is 5.24. The fraction of sp³-hybridized carbons (Fsp3) is 0.412. The maximum atomic E-state index is 11.8. The molecule has 1 saturated heterocycles. The zero-order valence-corrected chi connectivity index (χ0v) is 15.5. The number of rotatable bonds is 6. The average molecular weight is 372 g/mol. The predicted octanol–water partition coefficient (Wildman–Crippen LogP) is 2.47. The van der Waals surface area contributed by atoms with E-state index in [4.69, 9.17) is 4.98 Å². The molecule has 3 heterocycles. The van der Waals surface area contributed by atoms with Gasteiger partial charge in [0.15, 0.2) is 5.65 Å². The summed E-state index contributed by atoms with van der Waals surface area (Å²) >= 11 is 0.895. The van der Waals surface area contributed by atoms with E-state index in [1.807, 2.05) is 6.07 Å². The van der Waals surface area contributed by atoms with Crippen LogP contribution in [0.15, 0.2) is 17.2 Å². The molecular weight excluding hydrogens is 352 g/mol. The number of carbonyl (C=O) groups is 2. The monoisotopic (exact) mass is 372 g/mol. The summed E-state index contributed by atoms with van der Waals surface area (Å²) < 4.78 is 1.76. The van der Waals surface area contributed by atoms with Crippen molar-refractivity contribution in [2.75, 3.05) is 23.3 Å². The van der Waals surface area contributed by atoms with Crippen LogP contribution in [-0.2, 0) is 4.79 Å². The third-order valence-electron chi connectivity index (χ3n) is 4.43. The summed E-state index contributed by atoms with van der Waals surface area (Å²) in [6, 6.07) is 2.49. The van der Waals surface area contributed by atoms with Crippen molar-refractivity contribution in [2.24, 2.45) is 0 Å². The Morgan fingerprint density at radius 1 is 1.38 bits per heavy atom. The number of hydrogen-bond donors (Lipinski definition) is 2. The maximum absolute atomic E-state index is 11.8. The van der Waals surface area contributed by atoms with Gasteiger partial charge in [0, 0.05) is 30.8 Å². The molecule has 136 valence electrons. The van der Waals surface area contributed by atoms with Crippen LogP contribution in [0.1, 0.15) is 32.3 Å². The standard InChI is InChI=1S/C17H20N6O2S/c1-3-22(4-2)13-8-14(19-11-5-6-11)23-15(20-13)10(9-18-23)7-12-16(24)21-17(25)26-12/h7-9,11,19H,3-6H2,1-2H3,(H,21,24,25)/b12-7+. The number of thioether (sulfide) groups is 1. The molecule has 2 fully saturated rings. The quantitative estimate of drug-likeness (QED) is 0.753. The fourth-order valence-corrected chi connectivity index (χ4v) is 3.55. The van der Waals surface area contributed by atoms with Gasteiger partial charge in [0.05, 0.1) is 11.1 Å². The molecule has 0 aromatic carbocycles. The van der Waals surface area contributed by atoms with E-state index in [2.05, 4.69) is 34.5 Å². The van der Waals surface area contributed by atoms with Crippen LogP contribution in [0.3, 0.4) is 0 Å². The molecule has 2 aliphatic rings. The van der Waals surface area contributed by atoms with Crippen molar-refractivity contribution in [3.05, 3.63) is 22.7 Å². The molecule has 2 amide bonds. The van der Waals surface area contributed by atoms with E-state index >= 15 is 0 Å². The minimum atomic E-state index is -0.379. The van der Waals surface area contributed by atoms with Gasteiger partial charge in [-0.05, 0) is 44.5 Å². The first-order chi connectivity index (χ1) is 12.6. The van der Waals surface area contributed by atoms with E-state index in [1.54, 1.807) is 16.8 Å². The number of amides is 2. The van der Waals surface area contributed by atoms with Crippen molar-refractivity contribution in [2.45, 2.75) is 32.7 Å². The largest absolute Gasteiger partial charge is 0.367 e. The Bertz CT molecular complexity index is 913. The molecule has 1 aliphatic heterocycles. The molecule has 1 aliphatic carbocycles. The number of carbonyl (C=O) groups excluding carboxylic acids is 2. The Morgan fingerprint density at radius 2 is 2.15 bits per heavy atom. The van der Waals surface area contributed by atoms with Gasteiger partial charge in [0.2, 0.25) is 0 Å². The van der Waals surface area contributed by atoms with Gasteiger partial charge < -0.3 is 10.2 Å². The number of nitrogens with zero attached hydrogens (tertiary/aromatic N) is 4. The van der Waals surface area contributed by atoms with Crippen LogP contribution in [0.25, 0.3) is 11.7 Å². The highest BCUT2D eigenvalue weighted by Gasteiger charge is 2.26. The van der Waals surface area contributed by atoms with Crippen molar-refractivity contribution >= 4 is 46.3 Å². The summed E-state index contributed by atoms with van der Waals surface area (Å²) in [5, 5.41) is 9.85. The second-order valence-electron chi connectivity index (χ2n) is 6.28. The van der Waals surface area contributed by atoms with Gasteiger partial charge in [-0.2, -0.15) is 9.61 Å². The summed E-state index contributed by atoms with van der Waals surface area (Å²) in [6.45, 7) is 5.88. The third kappa shape index (κ3) is 3.14. The van der Waals surface area contributed by atoms with Gasteiger partial charge in [-0.1, -0.05) is 0 Å². The molecule has 2 N–H and O–H groups in total. The molecule has 2 aromatic heterocycles. The van der Waals surface area contributed by atoms with Crippen LogP contribution in [0.4, 0.5) is 16.4 Å². The minimum Gasteiger partial charge on any atom is -0.367 e. The molecule has 9 heteroatoms. The van der Waals surface area contributed by atoms with Crippen LogP contribution < -0.4 is 15.5 Å². The van der Waals surface area contributed by atoms with Gasteiger partial charge in [0.25, 0.3) is 11.1 Å². The molecular formula is C17H20N6O2S. The lowest BCUT2D eigenvalue weighted by Gasteiger charge is -2.21.